The molecular formula is C17H33N. The molecule has 3 unspecified atom stereocenters. The summed E-state index contributed by atoms with van der Waals surface area (Å²) >= 11 is 0. The number of likely N-dealkylation sites (tertiary alicyclic amines) is 1. The standard InChI is InChI=1S/C17H33N/c1-16(2,3)15-11-13-9-7-8-10-14(13)12-18(15)17(4,5)6/h13-15H,7-12H2,1-6H3. The maximum atomic E-state index is 2.82. The number of rotatable bonds is 0. The van der Waals surface area contributed by atoms with Gasteiger partial charge in [-0.15, -0.1) is 0 Å². The van der Waals surface area contributed by atoms with Gasteiger partial charge in [0.25, 0.3) is 0 Å². The predicted octanol–water partition coefficient (Wildman–Crippen LogP) is 4.71. The van der Waals surface area contributed by atoms with Crippen molar-refractivity contribution in [2.75, 3.05) is 6.54 Å². The van der Waals surface area contributed by atoms with E-state index in [1.807, 2.05) is 0 Å². The van der Waals surface area contributed by atoms with Gasteiger partial charge in [0.2, 0.25) is 0 Å². The van der Waals surface area contributed by atoms with Crippen LogP contribution in [0.1, 0.15) is 73.6 Å². The van der Waals surface area contributed by atoms with Gasteiger partial charge in [-0.2, -0.15) is 0 Å². The molecule has 1 heteroatoms. The summed E-state index contributed by atoms with van der Waals surface area (Å²) in [6.07, 6.45) is 7.36. The molecule has 0 aromatic rings. The van der Waals surface area contributed by atoms with Gasteiger partial charge >= 0.3 is 0 Å². The van der Waals surface area contributed by atoms with Crippen LogP contribution in [0, 0.1) is 17.3 Å². The van der Waals surface area contributed by atoms with Gasteiger partial charge < -0.3 is 0 Å². The Morgan fingerprint density at radius 2 is 1.39 bits per heavy atom. The quantitative estimate of drug-likeness (QED) is 0.602. The Balaban J connectivity index is 2.20. The highest BCUT2D eigenvalue weighted by Crippen LogP contribution is 2.45. The van der Waals surface area contributed by atoms with Crippen molar-refractivity contribution in [3.63, 3.8) is 0 Å². The molecule has 1 nitrogen and oxygen atoms in total. The van der Waals surface area contributed by atoms with Crippen LogP contribution < -0.4 is 0 Å². The number of fused-ring (bicyclic) bond motifs is 1. The molecule has 0 bridgehead atoms. The second-order valence-corrected chi connectivity index (χ2v) is 8.75. The van der Waals surface area contributed by atoms with Crippen molar-refractivity contribution in [3.8, 4) is 0 Å². The molecule has 1 heterocycles. The van der Waals surface area contributed by atoms with E-state index >= 15 is 0 Å². The molecule has 0 N–H and O–H groups in total. The van der Waals surface area contributed by atoms with Crippen molar-refractivity contribution in [2.45, 2.75) is 85.2 Å². The SMILES string of the molecule is CC(C)(C)C1CC2CCCCC2CN1C(C)(C)C. The average molecular weight is 251 g/mol. The fourth-order valence-electron chi connectivity index (χ4n) is 4.19. The predicted molar refractivity (Wildman–Crippen MR) is 79.8 cm³/mol. The van der Waals surface area contributed by atoms with Crippen LogP contribution in [0.5, 0.6) is 0 Å². The lowest BCUT2D eigenvalue weighted by Gasteiger charge is -2.55. The molecule has 3 atom stereocenters. The molecule has 1 saturated heterocycles. The molecule has 0 aromatic heterocycles. The maximum Gasteiger partial charge on any atom is 0.0152 e. The van der Waals surface area contributed by atoms with Gasteiger partial charge in [0.1, 0.15) is 0 Å². The third-order valence-corrected chi connectivity index (χ3v) is 5.26. The van der Waals surface area contributed by atoms with Gasteiger partial charge in [0.05, 0.1) is 0 Å². The highest BCUT2D eigenvalue weighted by atomic mass is 15.2. The number of nitrogens with zero attached hydrogens (tertiary/aromatic N) is 1. The minimum atomic E-state index is 0.320. The average Bonchev–Trinajstić information content (AvgIpc) is 2.25. The first-order chi connectivity index (χ1) is 8.19. The minimum absolute atomic E-state index is 0.320. The van der Waals surface area contributed by atoms with Gasteiger partial charge in [-0.3, -0.25) is 4.90 Å². The normalized spacial score (nSPS) is 35.3. The van der Waals surface area contributed by atoms with Gasteiger partial charge in [-0.25, -0.2) is 0 Å². The molecule has 0 spiro atoms. The second kappa shape index (κ2) is 4.81. The fourth-order valence-corrected chi connectivity index (χ4v) is 4.19. The number of hydrogen-bond donors (Lipinski definition) is 0. The first-order valence-corrected chi connectivity index (χ1v) is 7.96. The molecule has 2 fully saturated rings. The molecular weight excluding hydrogens is 218 g/mol. The zero-order valence-corrected chi connectivity index (χ0v) is 13.4. The van der Waals surface area contributed by atoms with Crippen LogP contribution in [0.2, 0.25) is 0 Å². The first-order valence-electron chi connectivity index (χ1n) is 7.96. The van der Waals surface area contributed by atoms with Gasteiger partial charge in [-0.1, -0.05) is 40.0 Å². The van der Waals surface area contributed by atoms with E-state index < -0.39 is 0 Å². The summed E-state index contributed by atoms with van der Waals surface area (Å²) in [4.78, 5) is 2.82. The smallest absolute Gasteiger partial charge is 0.0152 e. The highest BCUT2D eigenvalue weighted by Gasteiger charge is 2.44. The van der Waals surface area contributed by atoms with Crippen molar-refractivity contribution in [1.29, 1.82) is 0 Å². The molecule has 1 aliphatic heterocycles. The Bertz CT molecular complexity index is 251. The zero-order chi connectivity index (χ0) is 13.6. The Labute approximate surface area is 114 Å². The largest absolute Gasteiger partial charge is 0.295 e. The summed E-state index contributed by atoms with van der Waals surface area (Å²) < 4.78 is 0. The highest BCUT2D eigenvalue weighted by molar-refractivity contribution is 4.98. The van der Waals surface area contributed by atoms with Crippen LogP contribution in [0.25, 0.3) is 0 Å². The van der Waals surface area contributed by atoms with E-state index in [-0.39, 0.29) is 0 Å². The minimum Gasteiger partial charge on any atom is -0.295 e. The third kappa shape index (κ3) is 2.92. The van der Waals surface area contributed by atoms with Crippen LogP contribution >= 0.6 is 0 Å². The maximum absolute atomic E-state index is 2.82. The number of hydrogen-bond acceptors (Lipinski definition) is 1. The molecule has 18 heavy (non-hydrogen) atoms. The van der Waals surface area contributed by atoms with E-state index in [1.54, 1.807) is 0 Å². The van der Waals surface area contributed by atoms with Crippen LogP contribution in [0.15, 0.2) is 0 Å². The lowest BCUT2D eigenvalue weighted by molar-refractivity contribution is -0.0583. The molecule has 0 radical (unpaired) electrons. The second-order valence-electron chi connectivity index (χ2n) is 8.75. The van der Waals surface area contributed by atoms with Crippen molar-refractivity contribution in [3.05, 3.63) is 0 Å². The van der Waals surface area contributed by atoms with E-state index in [4.69, 9.17) is 0 Å². The summed E-state index contributed by atoms with van der Waals surface area (Å²) in [6, 6.07) is 0.761. The van der Waals surface area contributed by atoms with E-state index in [0.717, 1.165) is 17.9 Å². The van der Waals surface area contributed by atoms with Crippen molar-refractivity contribution in [2.24, 2.45) is 17.3 Å². The van der Waals surface area contributed by atoms with Crippen LogP contribution in [-0.4, -0.2) is 23.0 Å². The van der Waals surface area contributed by atoms with Crippen molar-refractivity contribution >= 4 is 0 Å². The van der Waals surface area contributed by atoms with Crippen LogP contribution in [-0.2, 0) is 0 Å². The lowest BCUT2D eigenvalue weighted by Crippen LogP contribution is -2.59. The van der Waals surface area contributed by atoms with Gasteiger partial charge in [-0.05, 0) is 50.9 Å². The summed E-state index contributed by atoms with van der Waals surface area (Å²) in [6.45, 7) is 15.8. The van der Waals surface area contributed by atoms with Crippen LogP contribution in [0.4, 0.5) is 0 Å². The zero-order valence-electron chi connectivity index (χ0n) is 13.4. The van der Waals surface area contributed by atoms with Crippen molar-refractivity contribution in [1.82, 2.24) is 4.90 Å². The monoisotopic (exact) mass is 251 g/mol. The molecule has 0 amide bonds. The molecule has 2 rings (SSSR count). The first kappa shape index (κ1) is 14.4. The molecule has 106 valence electrons. The lowest BCUT2D eigenvalue weighted by atomic mass is 9.67. The van der Waals surface area contributed by atoms with Gasteiger partial charge in [0.15, 0.2) is 0 Å². The summed E-state index contributed by atoms with van der Waals surface area (Å²) in [7, 11) is 0. The third-order valence-electron chi connectivity index (χ3n) is 5.26. The fraction of sp³-hybridized carbons (Fsp3) is 1.00. The Hall–Kier alpha value is -0.0400. The van der Waals surface area contributed by atoms with Crippen molar-refractivity contribution < 1.29 is 0 Å². The summed E-state index contributed by atoms with van der Waals surface area (Å²) in [5.41, 5.74) is 0.732. The molecule has 1 aliphatic carbocycles. The van der Waals surface area contributed by atoms with E-state index in [0.29, 0.717) is 11.0 Å². The van der Waals surface area contributed by atoms with E-state index in [9.17, 15) is 0 Å². The molecule has 2 aliphatic rings. The van der Waals surface area contributed by atoms with E-state index in [2.05, 4.69) is 46.4 Å². The summed E-state index contributed by atoms with van der Waals surface area (Å²) in [5, 5.41) is 0. The van der Waals surface area contributed by atoms with E-state index in [1.165, 1.54) is 38.6 Å². The number of piperidine rings is 1. The summed E-state index contributed by atoms with van der Waals surface area (Å²) in [5.74, 6) is 2.00. The van der Waals surface area contributed by atoms with Gasteiger partial charge in [0, 0.05) is 18.1 Å². The molecule has 1 saturated carbocycles. The Kier molecular flexibility index (Phi) is 3.84. The topological polar surface area (TPSA) is 3.24 Å². The Morgan fingerprint density at radius 3 is 1.89 bits per heavy atom. The Morgan fingerprint density at radius 1 is 0.833 bits per heavy atom. The molecule has 0 aromatic carbocycles. The van der Waals surface area contributed by atoms with Crippen LogP contribution in [0.3, 0.4) is 0 Å².